The zero-order valence-electron chi connectivity index (χ0n) is 26.8. The molecule has 1 aliphatic carbocycles. The van der Waals surface area contributed by atoms with E-state index in [0.717, 1.165) is 30.5 Å². The maximum absolute atomic E-state index is 13.8. The van der Waals surface area contributed by atoms with Gasteiger partial charge in [0.05, 0.1) is 30.3 Å². The van der Waals surface area contributed by atoms with E-state index in [0.29, 0.717) is 46.3 Å². The molecular weight excluding hydrogens is 608 g/mol. The van der Waals surface area contributed by atoms with Crippen molar-refractivity contribution in [2.24, 2.45) is 5.92 Å². The molecule has 4 unspecified atom stereocenters. The molecule has 46 heavy (non-hydrogen) atoms. The normalized spacial score (nSPS) is 25.9. The molecule has 4 atom stereocenters. The average Bonchev–Trinajstić information content (AvgIpc) is 3.33. The molecule has 2 fully saturated rings. The number of fused-ring (bicyclic) bond motifs is 3. The predicted octanol–water partition coefficient (Wildman–Crippen LogP) is 4.77. The van der Waals surface area contributed by atoms with Crippen LogP contribution < -0.4 is 14.8 Å². The van der Waals surface area contributed by atoms with Gasteiger partial charge in [-0.2, -0.15) is 4.98 Å². The number of carboxylic acid groups (broad SMARTS) is 1. The van der Waals surface area contributed by atoms with Crippen LogP contribution >= 0.6 is 11.3 Å². The van der Waals surface area contributed by atoms with Gasteiger partial charge in [-0.1, -0.05) is 26.0 Å². The van der Waals surface area contributed by atoms with Crippen LogP contribution in [0.25, 0.3) is 21.7 Å². The zero-order valence-corrected chi connectivity index (χ0v) is 27.6. The number of urea groups is 1. The van der Waals surface area contributed by atoms with Gasteiger partial charge in [-0.15, -0.1) is 11.3 Å². The van der Waals surface area contributed by atoms with Gasteiger partial charge in [-0.3, -0.25) is 4.79 Å². The molecule has 2 N–H and O–H groups in total. The lowest BCUT2D eigenvalue weighted by molar-refractivity contribution is -0.144. The Morgan fingerprint density at radius 1 is 1.20 bits per heavy atom. The number of hydrogen-bond acceptors (Lipinski definition) is 9. The number of aryl methyl sites for hydroxylation is 1. The molecule has 1 saturated heterocycles. The molecule has 244 valence electrons. The second kappa shape index (κ2) is 12.5. The standard InChI is InChI=1S/C33H40N6O6S/c1-18(2)23-17-46-30(34-23)27-35-26-19(3)25(44-5)12-11-22(26)29(36-27)45-21-14-24-28(40)37-33(31(41)42)15-20(33)10-8-6-7-9-13-38(4)32(43)39(24)16-21/h8,10-12,17-18,20-21,24H,6-7,9,13-16H2,1-5H3,(H,37,40)(H,41,42)/b10-8-. The lowest BCUT2D eigenvalue weighted by Crippen LogP contribution is -2.54. The number of methoxy groups -OCH3 is 1. The van der Waals surface area contributed by atoms with E-state index in [1.807, 2.05) is 36.6 Å². The number of carbonyl (C=O) groups excluding carboxylic acids is 2. The minimum absolute atomic E-state index is 0.134. The molecule has 3 amide bonds. The number of amides is 3. The number of carbonyl (C=O) groups is 3. The molecule has 3 aromatic rings. The first-order valence-electron chi connectivity index (χ1n) is 15.7. The molecule has 13 heteroatoms. The largest absolute Gasteiger partial charge is 0.496 e. The number of aliphatic carboxylic acids is 1. The molecule has 3 aliphatic rings. The van der Waals surface area contributed by atoms with Gasteiger partial charge in [-0.05, 0) is 50.7 Å². The molecule has 1 saturated carbocycles. The minimum atomic E-state index is -1.37. The van der Waals surface area contributed by atoms with Crippen LogP contribution in [0.5, 0.6) is 11.6 Å². The van der Waals surface area contributed by atoms with Crippen LogP contribution in [0, 0.1) is 12.8 Å². The van der Waals surface area contributed by atoms with Gasteiger partial charge in [0.15, 0.2) is 10.8 Å². The summed E-state index contributed by atoms with van der Waals surface area (Å²) in [6.45, 7) is 6.75. The molecule has 0 spiro atoms. The van der Waals surface area contributed by atoms with Crippen molar-refractivity contribution in [3.05, 3.63) is 40.9 Å². The number of allylic oxidation sites excluding steroid dienone is 1. The van der Waals surface area contributed by atoms with Gasteiger partial charge < -0.3 is 29.7 Å². The summed E-state index contributed by atoms with van der Waals surface area (Å²) in [4.78, 5) is 57.4. The van der Waals surface area contributed by atoms with Crippen LogP contribution in [0.2, 0.25) is 0 Å². The number of carboxylic acids is 1. The van der Waals surface area contributed by atoms with E-state index in [-0.39, 0.29) is 30.8 Å². The van der Waals surface area contributed by atoms with Gasteiger partial charge in [0.25, 0.3) is 0 Å². The van der Waals surface area contributed by atoms with Crippen molar-refractivity contribution in [1.82, 2.24) is 30.1 Å². The number of benzene rings is 1. The summed E-state index contributed by atoms with van der Waals surface area (Å²) >= 11 is 1.46. The highest BCUT2D eigenvalue weighted by Crippen LogP contribution is 2.45. The van der Waals surface area contributed by atoms with Gasteiger partial charge in [0.1, 0.15) is 23.4 Å². The maximum Gasteiger partial charge on any atom is 0.330 e. The van der Waals surface area contributed by atoms with Crippen LogP contribution in [-0.4, -0.2) is 92.7 Å². The summed E-state index contributed by atoms with van der Waals surface area (Å²) in [5.74, 6) is -0.209. The van der Waals surface area contributed by atoms with E-state index in [1.165, 1.54) is 16.2 Å². The van der Waals surface area contributed by atoms with Gasteiger partial charge in [0, 0.05) is 36.9 Å². The molecule has 2 aliphatic heterocycles. The Morgan fingerprint density at radius 3 is 2.72 bits per heavy atom. The Labute approximate surface area is 271 Å². The third-order valence-corrected chi connectivity index (χ3v) is 10.1. The van der Waals surface area contributed by atoms with Crippen molar-refractivity contribution in [1.29, 1.82) is 0 Å². The molecule has 0 radical (unpaired) electrons. The number of rotatable bonds is 6. The smallest absolute Gasteiger partial charge is 0.330 e. The van der Waals surface area contributed by atoms with Crippen LogP contribution in [0.15, 0.2) is 29.7 Å². The molecule has 12 nitrogen and oxygen atoms in total. The van der Waals surface area contributed by atoms with Crippen LogP contribution in [0.4, 0.5) is 4.79 Å². The fraction of sp³-hybridized carbons (Fsp3) is 0.515. The lowest BCUT2D eigenvalue weighted by Gasteiger charge is -2.29. The highest BCUT2D eigenvalue weighted by molar-refractivity contribution is 7.13. The van der Waals surface area contributed by atoms with Crippen molar-refractivity contribution in [3.63, 3.8) is 0 Å². The third kappa shape index (κ3) is 5.88. The Morgan fingerprint density at radius 2 is 2.00 bits per heavy atom. The Bertz CT molecular complexity index is 1710. The van der Waals surface area contributed by atoms with E-state index in [2.05, 4.69) is 19.2 Å². The highest BCUT2D eigenvalue weighted by Gasteiger charge is 2.61. The SMILES string of the molecule is COc1ccc2c(OC3CC4C(=O)NC5(C(=O)O)CC5/C=C\CCCCN(C)C(=O)N4C3)nc(-c3nc(C(C)C)cs3)nc2c1C. The molecule has 2 aromatic heterocycles. The van der Waals surface area contributed by atoms with Crippen molar-refractivity contribution in [2.45, 2.75) is 76.5 Å². The Kier molecular flexibility index (Phi) is 8.62. The monoisotopic (exact) mass is 648 g/mol. The summed E-state index contributed by atoms with van der Waals surface area (Å²) in [6.07, 6.45) is 6.22. The minimum Gasteiger partial charge on any atom is -0.496 e. The van der Waals surface area contributed by atoms with Crippen molar-refractivity contribution < 1.29 is 29.0 Å². The number of ether oxygens (including phenoxy) is 2. The van der Waals surface area contributed by atoms with Crippen molar-refractivity contribution in [3.8, 4) is 22.5 Å². The lowest BCUT2D eigenvalue weighted by atomic mass is 10.1. The first kappa shape index (κ1) is 31.7. The van der Waals surface area contributed by atoms with E-state index in [1.54, 1.807) is 19.1 Å². The number of nitrogens with one attached hydrogen (secondary N) is 1. The number of hydrogen-bond donors (Lipinski definition) is 2. The van der Waals surface area contributed by atoms with Crippen LogP contribution in [-0.2, 0) is 9.59 Å². The fourth-order valence-electron chi connectivity index (χ4n) is 6.30. The zero-order chi connectivity index (χ0) is 32.7. The predicted molar refractivity (Wildman–Crippen MR) is 173 cm³/mol. The van der Waals surface area contributed by atoms with Gasteiger partial charge in [0.2, 0.25) is 11.8 Å². The van der Waals surface area contributed by atoms with Gasteiger partial charge >= 0.3 is 12.0 Å². The molecule has 6 rings (SSSR count). The quantitative estimate of drug-likeness (QED) is 0.361. The summed E-state index contributed by atoms with van der Waals surface area (Å²) in [5, 5.41) is 16.2. The number of aromatic nitrogens is 3. The van der Waals surface area contributed by atoms with Crippen molar-refractivity contribution >= 4 is 40.1 Å². The van der Waals surface area contributed by atoms with E-state index in [4.69, 9.17) is 24.4 Å². The third-order valence-electron chi connectivity index (χ3n) is 9.20. The fourth-order valence-corrected chi connectivity index (χ4v) is 7.21. The molecular formula is C33H40N6O6S. The Hall–Kier alpha value is -4.26. The molecule has 4 heterocycles. The summed E-state index contributed by atoms with van der Waals surface area (Å²) in [7, 11) is 3.33. The Balaban J connectivity index is 1.35. The summed E-state index contributed by atoms with van der Waals surface area (Å²) in [6, 6.07) is 2.47. The first-order chi connectivity index (χ1) is 22.0. The van der Waals surface area contributed by atoms with Crippen molar-refractivity contribution in [2.75, 3.05) is 27.2 Å². The van der Waals surface area contributed by atoms with E-state index in [9.17, 15) is 19.5 Å². The molecule has 0 bridgehead atoms. The number of nitrogens with zero attached hydrogens (tertiary/aromatic N) is 5. The second-order valence-corrected chi connectivity index (χ2v) is 13.6. The second-order valence-electron chi connectivity index (χ2n) is 12.7. The van der Waals surface area contributed by atoms with E-state index < -0.39 is 29.6 Å². The van der Waals surface area contributed by atoms with Crippen LogP contribution in [0.1, 0.15) is 63.1 Å². The summed E-state index contributed by atoms with van der Waals surface area (Å²) < 4.78 is 12.1. The average molecular weight is 649 g/mol. The van der Waals surface area contributed by atoms with Gasteiger partial charge in [-0.25, -0.2) is 19.6 Å². The first-order valence-corrected chi connectivity index (χ1v) is 16.6. The maximum atomic E-state index is 13.8. The molecule has 1 aromatic carbocycles. The van der Waals surface area contributed by atoms with Crippen LogP contribution in [0.3, 0.4) is 0 Å². The topological polar surface area (TPSA) is 147 Å². The summed E-state index contributed by atoms with van der Waals surface area (Å²) in [5.41, 5.74) is 1.05. The van der Waals surface area contributed by atoms with E-state index >= 15 is 0 Å². The highest BCUT2D eigenvalue weighted by atomic mass is 32.1. The number of thiazole rings is 1.